The highest BCUT2D eigenvalue weighted by Crippen LogP contribution is 2.26. The largest absolute Gasteiger partial charge is 0.341 e. The second kappa shape index (κ2) is 12.4. The molecule has 39 heavy (non-hydrogen) atoms. The Bertz CT molecular complexity index is 1600. The van der Waals surface area contributed by atoms with Crippen molar-refractivity contribution in [1.82, 2.24) is 20.3 Å². The number of carbonyl (C=O) groups is 2. The van der Waals surface area contributed by atoms with E-state index >= 15 is 0 Å². The number of benzene rings is 3. The van der Waals surface area contributed by atoms with Crippen LogP contribution in [0.5, 0.6) is 0 Å². The lowest BCUT2D eigenvalue weighted by atomic mass is 10.0. The number of nitrogens with zero attached hydrogens (tertiary/aromatic N) is 2. The summed E-state index contributed by atoms with van der Waals surface area (Å²) in [6.07, 6.45) is 6.48. The lowest BCUT2D eigenvalue weighted by Crippen LogP contribution is -2.28. The third-order valence-electron chi connectivity index (χ3n) is 6.60. The van der Waals surface area contributed by atoms with E-state index in [1.165, 1.54) is 29.5 Å². The number of carbonyl (C=O) groups excluding carboxylic acids is 2. The minimum absolute atomic E-state index is 0.124. The van der Waals surface area contributed by atoms with Gasteiger partial charge in [-0.2, -0.15) is 0 Å². The molecule has 9 heteroatoms. The van der Waals surface area contributed by atoms with Gasteiger partial charge in [0.1, 0.15) is 16.5 Å². The summed E-state index contributed by atoms with van der Waals surface area (Å²) in [5.41, 5.74) is 3.82. The molecule has 0 unspecified atom stereocenters. The number of nitrogens with one attached hydrogen (secondary N) is 2. The summed E-state index contributed by atoms with van der Waals surface area (Å²) in [5, 5.41) is 5.39. The van der Waals surface area contributed by atoms with Crippen molar-refractivity contribution in [1.29, 1.82) is 0 Å². The molecule has 2 aromatic heterocycles. The van der Waals surface area contributed by atoms with Crippen molar-refractivity contribution in [2.75, 3.05) is 0 Å². The van der Waals surface area contributed by atoms with Crippen LogP contribution in [0.4, 0.5) is 4.39 Å². The molecule has 0 saturated carbocycles. The van der Waals surface area contributed by atoms with Crippen molar-refractivity contribution in [2.24, 2.45) is 0 Å². The average Bonchev–Trinajstić information content (AvgIpc) is 3.66. The third kappa shape index (κ3) is 6.61. The molecule has 0 spiro atoms. The van der Waals surface area contributed by atoms with Crippen molar-refractivity contribution in [3.63, 3.8) is 0 Å². The number of thiazole rings is 1. The van der Waals surface area contributed by atoms with Gasteiger partial charge >= 0.3 is 0 Å². The highest BCUT2D eigenvalue weighted by atomic mass is 32.1. The number of thiol groups is 1. The van der Waals surface area contributed by atoms with E-state index < -0.39 is 5.82 Å². The smallest absolute Gasteiger partial charge is 0.263 e. The maximum absolute atomic E-state index is 13.6. The number of hydrogen-bond donors (Lipinski definition) is 3. The lowest BCUT2D eigenvalue weighted by Gasteiger charge is -2.16. The summed E-state index contributed by atoms with van der Waals surface area (Å²) in [6, 6.07) is 18.1. The standard InChI is InChI=1S/C30H27FN4O2S2/c31-22-12-13-27(38)23(15-22)26(36)9-3-1-2-8-24(35-30(37)28-17-32-18-39-28)29-33-16-25(34-29)21-11-10-19-6-4-5-7-20(19)14-21/h4-7,10-18,24,38H,1-3,8-9H2,(H,33,34)(H,35,37)/t24-/m0/s1. The van der Waals surface area contributed by atoms with Crippen LogP contribution >= 0.6 is 24.0 Å². The van der Waals surface area contributed by atoms with Crippen LogP contribution in [0.3, 0.4) is 0 Å². The normalized spacial score (nSPS) is 11.9. The molecule has 0 fully saturated rings. The Morgan fingerprint density at radius 3 is 2.67 bits per heavy atom. The number of aromatic nitrogens is 3. The van der Waals surface area contributed by atoms with Crippen LogP contribution < -0.4 is 5.32 Å². The Hall–Kier alpha value is -3.82. The van der Waals surface area contributed by atoms with Gasteiger partial charge in [-0.05, 0) is 47.9 Å². The first-order valence-corrected chi connectivity index (χ1v) is 14.1. The van der Waals surface area contributed by atoms with Crippen LogP contribution in [-0.4, -0.2) is 26.6 Å². The Morgan fingerprint density at radius 1 is 1.00 bits per heavy atom. The number of amides is 1. The zero-order valence-electron chi connectivity index (χ0n) is 21.1. The van der Waals surface area contributed by atoms with E-state index in [0.717, 1.165) is 34.9 Å². The summed E-state index contributed by atoms with van der Waals surface area (Å²) < 4.78 is 13.6. The first-order valence-electron chi connectivity index (χ1n) is 12.7. The quantitative estimate of drug-likeness (QED) is 0.0894. The van der Waals surface area contributed by atoms with Crippen LogP contribution in [0.2, 0.25) is 0 Å². The molecule has 0 radical (unpaired) electrons. The number of hydrogen-bond acceptors (Lipinski definition) is 6. The molecule has 0 aliphatic heterocycles. The van der Waals surface area contributed by atoms with Gasteiger partial charge in [0.15, 0.2) is 5.78 Å². The fourth-order valence-corrected chi connectivity index (χ4v) is 5.32. The number of H-pyrrole nitrogens is 1. The van der Waals surface area contributed by atoms with E-state index in [1.807, 2.05) is 12.1 Å². The lowest BCUT2D eigenvalue weighted by molar-refractivity contribution is 0.0935. The summed E-state index contributed by atoms with van der Waals surface area (Å²) in [6.45, 7) is 0. The van der Waals surface area contributed by atoms with Gasteiger partial charge in [0.2, 0.25) is 0 Å². The highest BCUT2D eigenvalue weighted by Gasteiger charge is 2.20. The number of aromatic amines is 1. The fraction of sp³-hybridized carbons (Fsp3) is 0.200. The monoisotopic (exact) mass is 558 g/mol. The number of ketones is 1. The zero-order valence-corrected chi connectivity index (χ0v) is 22.8. The summed E-state index contributed by atoms with van der Waals surface area (Å²) in [7, 11) is 0. The first kappa shape index (κ1) is 26.8. The summed E-state index contributed by atoms with van der Waals surface area (Å²) >= 11 is 5.56. The fourth-order valence-electron chi connectivity index (χ4n) is 4.53. The van der Waals surface area contributed by atoms with Gasteiger partial charge in [0.05, 0.1) is 29.6 Å². The van der Waals surface area contributed by atoms with Crippen molar-refractivity contribution >= 4 is 46.4 Å². The van der Waals surface area contributed by atoms with Crippen molar-refractivity contribution in [2.45, 2.75) is 43.0 Å². The van der Waals surface area contributed by atoms with Gasteiger partial charge in [-0.25, -0.2) is 9.37 Å². The molecule has 0 aliphatic carbocycles. The molecule has 3 aromatic carbocycles. The van der Waals surface area contributed by atoms with Gasteiger partial charge in [-0.1, -0.05) is 49.2 Å². The molecule has 1 amide bonds. The van der Waals surface area contributed by atoms with Crippen LogP contribution in [0.1, 0.15) is 64.0 Å². The molecule has 5 rings (SSSR count). The number of imidazole rings is 1. The van der Waals surface area contributed by atoms with E-state index in [9.17, 15) is 14.0 Å². The maximum Gasteiger partial charge on any atom is 0.263 e. The zero-order chi connectivity index (χ0) is 27.2. The SMILES string of the molecule is O=C(N[C@@H](CCCCCC(=O)c1cc(F)ccc1S)c1ncc(-c2ccc3ccccc3c2)[nH]1)c1cncs1. The van der Waals surface area contributed by atoms with E-state index in [0.29, 0.717) is 40.4 Å². The van der Waals surface area contributed by atoms with Gasteiger partial charge in [0, 0.05) is 22.4 Å². The molecule has 2 N–H and O–H groups in total. The number of rotatable bonds is 11. The topological polar surface area (TPSA) is 87.7 Å². The number of halogens is 1. The Balaban J connectivity index is 1.25. The predicted molar refractivity (Wildman–Crippen MR) is 155 cm³/mol. The Kier molecular flexibility index (Phi) is 8.48. The Labute approximate surface area is 235 Å². The minimum atomic E-state index is -0.447. The van der Waals surface area contributed by atoms with Crippen LogP contribution in [0.25, 0.3) is 22.0 Å². The van der Waals surface area contributed by atoms with Crippen LogP contribution in [-0.2, 0) is 0 Å². The number of fused-ring (bicyclic) bond motifs is 1. The number of Topliss-reactive ketones (excluding diaryl/α,β-unsaturated/α-hetero) is 1. The van der Waals surface area contributed by atoms with Crippen molar-refractivity contribution < 1.29 is 14.0 Å². The van der Waals surface area contributed by atoms with Crippen molar-refractivity contribution in [3.05, 3.63) is 101 Å². The van der Waals surface area contributed by atoms with Crippen LogP contribution in [0, 0.1) is 5.82 Å². The van der Waals surface area contributed by atoms with E-state index in [-0.39, 0.29) is 17.7 Å². The number of unbranched alkanes of at least 4 members (excludes halogenated alkanes) is 2. The molecule has 5 aromatic rings. The maximum atomic E-state index is 13.6. The Morgan fingerprint density at radius 2 is 1.85 bits per heavy atom. The molecule has 6 nitrogen and oxygen atoms in total. The van der Waals surface area contributed by atoms with E-state index in [1.54, 1.807) is 17.9 Å². The van der Waals surface area contributed by atoms with Gasteiger partial charge in [-0.3, -0.25) is 14.6 Å². The predicted octanol–water partition coefficient (Wildman–Crippen LogP) is 7.42. The molecule has 0 aliphatic rings. The van der Waals surface area contributed by atoms with Gasteiger partial charge < -0.3 is 10.3 Å². The first-order chi connectivity index (χ1) is 19.0. The second-order valence-corrected chi connectivity index (χ2v) is 10.7. The van der Waals surface area contributed by atoms with Crippen molar-refractivity contribution in [3.8, 4) is 11.3 Å². The second-order valence-electron chi connectivity index (χ2n) is 9.32. The molecule has 1 atom stereocenters. The van der Waals surface area contributed by atoms with E-state index in [2.05, 4.69) is 63.2 Å². The van der Waals surface area contributed by atoms with E-state index in [4.69, 9.17) is 0 Å². The average molecular weight is 559 g/mol. The molecule has 0 saturated heterocycles. The molecule has 0 bridgehead atoms. The minimum Gasteiger partial charge on any atom is -0.341 e. The molecular formula is C30H27FN4O2S2. The molecular weight excluding hydrogens is 531 g/mol. The van der Waals surface area contributed by atoms with Gasteiger partial charge in [0.25, 0.3) is 5.91 Å². The third-order valence-corrected chi connectivity index (χ3v) is 7.76. The highest BCUT2D eigenvalue weighted by molar-refractivity contribution is 7.80. The molecule has 2 heterocycles. The van der Waals surface area contributed by atoms with Gasteiger partial charge in [-0.15, -0.1) is 24.0 Å². The summed E-state index contributed by atoms with van der Waals surface area (Å²) in [5.74, 6) is -0.0990. The van der Waals surface area contributed by atoms with Crippen LogP contribution in [0.15, 0.2) is 83.5 Å². The molecule has 198 valence electrons. The summed E-state index contributed by atoms with van der Waals surface area (Å²) in [4.78, 5) is 38.4.